The van der Waals surface area contributed by atoms with Crippen molar-refractivity contribution in [2.45, 2.75) is 39.4 Å². The SMILES string of the molecule is C=CCC(OC(=O)C(C)(C)C)C(O)c1ccccc1. The molecule has 1 aromatic carbocycles. The van der Waals surface area contributed by atoms with Gasteiger partial charge in [-0.15, -0.1) is 6.58 Å². The summed E-state index contributed by atoms with van der Waals surface area (Å²) in [6.07, 6.45) is 0.613. The molecule has 1 N–H and O–H groups in total. The van der Waals surface area contributed by atoms with Gasteiger partial charge in [0.15, 0.2) is 0 Å². The quantitative estimate of drug-likeness (QED) is 0.654. The first-order valence-corrected chi connectivity index (χ1v) is 6.41. The molecule has 3 nitrogen and oxygen atoms in total. The van der Waals surface area contributed by atoms with E-state index in [1.165, 1.54) is 0 Å². The molecule has 0 heterocycles. The molecular formula is C16H22O3. The van der Waals surface area contributed by atoms with E-state index in [0.29, 0.717) is 6.42 Å². The number of aliphatic hydroxyl groups excluding tert-OH is 1. The van der Waals surface area contributed by atoms with Crippen molar-refractivity contribution in [1.29, 1.82) is 0 Å². The largest absolute Gasteiger partial charge is 0.459 e. The van der Waals surface area contributed by atoms with Crippen molar-refractivity contribution < 1.29 is 14.6 Å². The van der Waals surface area contributed by atoms with Crippen LogP contribution in [-0.4, -0.2) is 17.2 Å². The molecule has 3 heteroatoms. The summed E-state index contributed by atoms with van der Waals surface area (Å²) in [5.74, 6) is -0.325. The average Bonchev–Trinajstić information content (AvgIpc) is 2.37. The van der Waals surface area contributed by atoms with Crippen molar-refractivity contribution >= 4 is 5.97 Å². The normalized spacial score (nSPS) is 14.5. The molecule has 0 spiro atoms. The van der Waals surface area contributed by atoms with E-state index >= 15 is 0 Å². The third-order valence-corrected chi connectivity index (χ3v) is 2.76. The monoisotopic (exact) mass is 262 g/mol. The Balaban J connectivity index is 2.83. The first-order chi connectivity index (χ1) is 8.86. The maximum absolute atomic E-state index is 11.9. The minimum absolute atomic E-state index is 0.325. The summed E-state index contributed by atoms with van der Waals surface area (Å²) in [6.45, 7) is 9.00. The Morgan fingerprint density at radius 2 is 1.95 bits per heavy atom. The lowest BCUT2D eigenvalue weighted by atomic mass is 9.96. The summed E-state index contributed by atoms with van der Waals surface area (Å²) >= 11 is 0. The molecule has 1 aromatic rings. The van der Waals surface area contributed by atoms with Crippen LogP contribution in [0.1, 0.15) is 38.9 Å². The lowest BCUT2D eigenvalue weighted by Crippen LogP contribution is -2.31. The molecule has 2 unspecified atom stereocenters. The zero-order valence-electron chi connectivity index (χ0n) is 11.8. The fraction of sp³-hybridized carbons (Fsp3) is 0.438. The second kappa shape index (κ2) is 6.53. The lowest BCUT2D eigenvalue weighted by Gasteiger charge is -2.26. The van der Waals surface area contributed by atoms with Crippen LogP contribution < -0.4 is 0 Å². The van der Waals surface area contributed by atoms with E-state index in [-0.39, 0.29) is 5.97 Å². The Hall–Kier alpha value is -1.61. The van der Waals surface area contributed by atoms with Crippen molar-refractivity contribution in [3.63, 3.8) is 0 Å². The Bertz CT molecular complexity index is 417. The van der Waals surface area contributed by atoms with Gasteiger partial charge in [0.1, 0.15) is 12.2 Å². The summed E-state index contributed by atoms with van der Waals surface area (Å²) in [7, 11) is 0. The molecule has 0 amide bonds. The van der Waals surface area contributed by atoms with Gasteiger partial charge in [0.25, 0.3) is 0 Å². The summed E-state index contributed by atoms with van der Waals surface area (Å²) in [5, 5.41) is 10.3. The van der Waals surface area contributed by atoms with Gasteiger partial charge < -0.3 is 9.84 Å². The van der Waals surface area contributed by atoms with Gasteiger partial charge in [-0.25, -0.2) is 0 Å². The molecule has 0 bridgehead atoms. The van der Waals surface area contributed by atoms with E-state index in [0.717, 1.165) is 5.56 Å². The van der Waals surface area contributed by atoms with Crippen LogP contribution in [0.15, 0.2) is 43.0 Å². The Morgan fingerprint density at radius 1 is 1.37 bits per heavy atom. The highest BCUT2D eigenvalue weighted by atomic mass is 16.6. The van der Waals surface area contributed by atoms with Crippen molar-refractivity contribution in [2.24, 2.45) is 5.41 Å². The molecule has 104 valence electrons. The number of carbonyl (C=O) groups is 1. The molecule has 0 saturated carbocycles. The molecular weight excluding hydrogens is 240 g/mol. The zero-order chi connectivity index (χ0) is 14.5. The van der Waals surface area contributed by atoms with Gasteiger partial charge in [-0.1, -0.05) is 36.4 Å². The fourth-order valence-electron chi connectivity index (χ4n) is 1.58. The van der Waals surface area contributed by atoms with Gasteiger partial charge in [-0.05, 0) is 26.3 Å². The van der Waals surface area contributed by atoms with E-state index in [1.807, 2.05) is 30.3 Å². The fourth-order valence-corrected chi connectivity index (χ4v) is 1.58. The molecule has 0 radical (unpaired) electrons. The maximum Gasteiger partial charge on any atom is 0.311 e. The molecule has 2 atom stereocenters. The number of esters is 1. The van der Waals surface area contributed by atoms with Gasteiger partial charge in [0, 0.05) is 6.42 Å². The van der Waals surface area contributed by atoms with Crippen LogP contribution in [0.25, 0.3) is 0 Å². The molecule has 0 aliphatic rings. The van der Waals surface area contributed by atoms with Crippen LogP contribution in [0, 0.1) is 5.41 Å². The van der Waals surface area contributed by atoms with Crippen molar-refractivity contribution in [2.75, 3.05) is 0 Å². The third-order valence-electron chi connectivity index (χ3n) is 2.76. The van der Waals surface area contributed by atoms with E-state index < -0.39 is 17.6 Å². The van der Waals surface area contributed by atoms with E-state index in [4.69, 9.17) is 4.74 Å². The van der Waals surface area contributed by atoms with E-state index in [2.05, 4.69) is 6.58 Å². The predicted molar refractivity (Wildman–Crippen MR) is 75.6 cm³/mol. The van der Waals surface area contributed by atoms with Crippen molar-refractivity contribution in [3.05, 3.63) is 48.6 Å². The first-order valence-electron chi connectivity index (χ1n) is 6.41. The van der Waals surface area contributed by atoms with Crippen LogP contribution in [0.5, 0.6) is 0 Å². The minimum Gasteiger partial charge on any atom is -0.459 e. The van der Waals surface area contributed by atoms with Crippen molar-refractivity contribution in [1.82, 2.24) is 0 Å². The number of hydrogen-bond donors (Lipinski definition) is 1. The van der Waals surface area contributed by atoms with Crippen LogP contribution in [0.3, 0.4) is 0 Å². The Labute approximate surface area is 114 Å². The molecule has 1 rings (SSSR count). The summed E-state index contributed by atoms with van der Waals surface area (Å²) in [5.41, 5.74) is 0.145. The number of benzene rings is 1. The summed E-state index contributed by atoms with van der Waals surface area (Å²) < 4.78 is 5.41. The number of rotatable bonds is 5. The van der Waals surface area contributed by atoms with Gasteiger partial charge in [-0.3, -0.25) is 4.79 Å². The lowest BCUT2D eigenvalue weighted by molar-refractivity contribution is -0.164. The highest BCUT2D eigenvalue weighted by Crippen LogP contribution is 2.25. The second-order valence-corrected chi connectivity index (χ2v) is 5.57. The molecule has 0 fully saturated rings. The van der Waals surface area contributed by atoms with Gasteiger partial charge in [0.2, 0.25) is 0 Å². The second-order valence-electron chi connectivity index (χ2n) is 5.57. The Morgan fingerprint density at radius 3 is 2.42 bits per heavy atom. The van der Waals surface area contributed by atoms with Crippen LogP contribution in [0.2, 0.25) is 0 Å². The topological polar surface area (TPSA) is 46.5 Å². The van der Waals surface area contributed by atoms with Crippen molar-refractivity contribution in [3.8, 4) is 0 Å². The smallest absolute Gasteiger partial charge is 0.311 e. The molecule has 0 aromatic heterocycles. The van der Waals surface area contributed by atoms with Crippen LogP contribution in [-0.2, 0) is 9.53 Å². The highest BCUT2D eigenvalue weighted by molar-refractivity contribution is 5.75. The van der Waals surface area contributed by atoms with E-state index in [9.17, 15) is 9.90 Å². The van der Waals surface area contributed by atoms with Gasteiger partial charge in [0.05, 0.1) is 5.41 Å². The van der Waals surface area contributed by atoms with Crippen LogP contribution >= 0.6 is 0 Å². The number of ether oxygens (including phenoxy) is 1. The first kappa shape index (κ1) is 15.4. The summed E-state index contributed by atoms with van der Waals surface area (Å²) in [4.78, 5) is 11.9. The Kier molecular flexibility index (Phi) is 5.31. The van der Waals surface area contributed by atoms with Crippen LogP contribution in [0.4, 0.5) is 0 Å². The number of carbonyl (C=O) groups excluding carboxylic acids is 1. The highest BCUT2D eigenvalue weighted by Gasteiger charge is 2.29. The zero-order valence-corrected chi connectivity index (χ0v) is 11.8. The number of aliphatic hydroxyl groups is 1. The molecule has 19 heavy (non-hydrogen) atoms. The average molecular weight is 262 g/mol. The standard InChI is InChI=1S/C16H22O3/c1-5-9-13(19-15(18)16(2,3)4)14(17)12-10-7-6-8-11-12/h5-8,10-11,13-14,17H,1,9H2,2-4H3. The van der Waals surface area contributed by atoms with Gasteiger partial charge in [-0.2, -0.15) is 0 Å². The number of hydrogen-bond acceptors (Lipinski definition) is 3. The molecule has 0 aliphatic heterocycles. The molecule has 0 aliphatic carbocycles. The molecule has 0 saturated heterocycles. The van der Waals surface area contributed by atoms with E-state index in [1.54, 1.807) is 26.8 Å². The maximum atomic E-state index is 11.9. The minimum atomic E-state index is -0.842. The predicted octanol–water partition coefficient (Wildman–Crippen LogP) is 3.25. The summed E-state index contributed by atoms with van der Waals surface area (Å²) in [6, 6.07) is 9.18. The third kappa shape index (κ3) is 4.52. The van der Waals surface area contributed by atoms with Gasteiger partial charge >= 0.3 is 5.97 Å².